The SMILES string of the molecule is Cl.N=C(N)C1(C(=O)NCCCCCCCCCCOCC2CCCCC2)CC1. The molecular formula is C22H42ClN3O2. The first-order valence-corrected chi connectivity index (χ1v) is 11.4. The zero-order chi connectivity index (χ0) is 19.4. The largest absolute Gasteiger partial charge is 0.387 e. The molecule has 0 radical (unpaired) electrons. The Balaban J connectivity index is 0.00000392. The standard InChI is InChI=1S/C22H41N3O2.ClH/c23-20(24)22(14-15-22)21(26)25-16-10-5-3-1-2-4-6-11-17-27-18-19-12-8-7-9-13-19;/h19H,1-18H2,(H3,23,24)(H,25,26);1H. The van der Waals surface area contributed by atoms with Crippen LogP contribution in [0.4, 0.5) is 0 Å². The highest BCUT2D eigenvalue weighted by Crippen LogP contribution is 2.45. The first-order chi connectivity index (χ1) is 13.1. The first-order valence-electron chi connectivity index (χ1n) is 11.4. The number of carbonyl (C=O) groups is 1. The van der Waals surface area contributed by atoms with Gasteiger partial charge in [-0.2, -0.15) is 0 Å². The summed E-state index contributed by atoms with van der Waals surface area (Å²) in [6, 6.07) is 0. The highest BCUT2D eigenvalue weighted by Gasteiger charge is 2.52. The Morgan fingerprint density at radius 2 is 1.54 bits per heavy atom. The van der Waals surface area contributed by atoms with Crippen LogP contribution in [-0.4, -0.2) is 31.5 Å². The van der Waals surface area contributed by atoms with Crippen LogP contribution in [0.2, 0.25) is 0 Å². The smallest absolute Gasteiger partial charge is 0.233 e. The molecule has 0 aromatic carbocycles. The van der Waals surface area contributed by atoms with Crippen molar-refractivity contribution in [2.45, 2.75) is 96.3 Å². The lowest BCUT2D eigenvalue weighted by Gasteiger charge is -2.21. The lowest BCUT2D eigenvalue weighted by Crippen LogP contribution is -2.40. The summed E-state index contributed by atoms with van der Waals surface area (Å²) in [4.78, 5) is 12.0. The van der Waals surface area contributed by atoms with Crippen LogP contribution in [-0.2, 0) is 9.53 Å². The van der Waals surface area contributed by atoms with Crippen molar-refractivity contribution in [1.82, 2.24) is 5.32 Å². The maximum atomic E-state index is 12.0. The van der Waals surface area contributed by atoms with Crippen molar-refractivity contribution >= 4 is 24.1 Å². The number of ether oxygens (including phenoxy) is 1. The van der Waals surface area contributed by atoms with E-state index in [1.54, 1.807) is 0 Å². The van der Waals surface area contributed by atoms with Gasteiger partial charge in [-0.15, -0.1) is 12.4 Å². The van der Waals surface area contributed by atoms with Gasteiger partial charge >= 0.3 is 0 Å². The predicted octanol–water partition coefficient (Wildman–Crippen LogP) is 4.96. The molecule has 6 heteroatoms. The summed E-state index contributed by atoms with van der Waals surface area (Å²) >= 11 is 0. The average molecular weight is 416 g/mol. The van der Waals surface area contributed by atoms with Crippen molar-refractivity contribution in [2.24, 2.45) is 17.1 Å². The zero-order valence-corrected chi connectivity index (χ0v) is 18.4. The average Bonchev–Trinajstić information content (AvgIpc) is 3.48. The van der Waals surface area contributed by atoms with Crippen LogP contribution >= 0.6 is 12.4 Å². The molecule has 0 bridgehead atoms. The van der Waals surface area contributed by atoms with Crippen LogP contribution in [0.25, 0.3) is 0 Å². The summed E-state index contributed by atoms with van der Waals surface area (Å²) in [6.07, 6.45) is 18.3. The number of carbonyl (C=O) groups excluding carboxylic acids is 1. The topological polar surface area (TPSA) is 88.2 Å². The molecule has 2 aliphatic carbocycles. The summed E-state index contributed by atoms with van der Waals surface area (Å²) < 4.78 is 5.85. The minimum atomic E-state index is -0.653. The number of halogens is 1. The Kier molecular flexibility index (Phi) is 12.8. The van der Waals surface area contributed by atoms with E-state index in [-0.39, 0.29) is 24.1 Å². The number of hydrogen-bond donors (Lipinski definition) is 3. The lowest BCUT2D eigenvalue weighted by atomic mass is 9.90. The highest BCUT2D eigenvalue weighted by atomic mass is 35.5. The third-order valence-corrected chi connectivity index (χ3v) is 6.28. The molecule has 2 aliphatic rings. The van der Waals surface area contributed by atoms with E-state index in [0.717, 1.165) is 44.8 Å². The van der Waals surface area contributed by atoms with Crippen molar-refractivity contribution in [2.75, 3.05) is 19.8 Å². The molecule has 0 aromatic rings. The van der Waals surface area contributed by atoms with E-state index < -0.39 is 5.41 Å². The quantitative estimate of drug-likeness (QED) is 0.200. The van der Waals surface area contributed by atoms with Crippen LogP contribution < -0.4 is 11.1 Å². The molecule has 1 amide bonds. The van der Waals surface area contributed by atoms with E-state index >= 15 is 0 Å². The second kappa shape index (κ2) is 14.2. The molecular weight excluding hydrogens is 374 g/mol. The number of hydrogen-bond acceptors (Lipinski definition) is 3. The molecule has 2 fully saturated rings. The van der Waals surface area contributed by atoms with Gasteiger partial charge in [0.15, 0.2) is 0 Å². The Hall–Kier alpha value is -0.810. The van der Waals surface area contributed by atoms with Gasteiger partial charge in [0.05, 0.1) is 0 Å². The van der Waals surface area contributed by atoms with E-state index in [4.69, 9.17) is 15.9 Å². The first kappa shape index (κ1) is 25.2. The molecule has 0 aromatic heterocycles. The van der Waals surface area contributed by atoms with Crippen molar-refractivity contribution in [3.05, 3.63) is 0 Å². The van der Waals surface area contributed by atoms with E-state index in [1.165, 1.54) is 70.6 Å². The maximum absolute atomic E-state index is 12.0. The molecule has 0 heterocycles. The molecule has 164 valence electrons. The minimum Gasteiger partial charge on any atom is -0.387 e. The molecule has 2 saturated carbocycles. The number of amides is 1. The lowest BCUT2D eigenvalue weighted by molar-refractivity contribution is -0.124. The summed E-state index contributed by atoms with van der Waals surface area (Å²) in [5.41, 5.74) is 4.87. The highest BCUT2D eigenvalue weighted by molar-refractivity contribution is 6.08. The minimum absolute atomic E-state index is 0. The fourth-order valence-corrected chi connectivity index (χ4v) is 4.11. The van der Waals surface area contributed by atoms with Gasteiger partial charge in [-0.3, -0.25) is 10.2 Å². The molecule has 0 spiro atoms. The van der Waals surface area contributed by atoms with Crippen LogP contribution in [0.15, 0.2) is 0 Å². The van der Waals surface area contributed by atoms with Crippen LogP contribution in [0.5, 0.6) is 0 Å². The normalized spacial score (nSPS) is 18.3. The summed E-state index contributed by atoms with van der Waals surface area (Å²) in [5.74, 6) is 0.820. The molecule has 0 unspecified atom stereocenters. The van der Waals surface area contributed by atoms with Crippen LogP contribution in [0.3, 0.4) is 0 Å². The molecule has 0 aliphatic heterocycles. The zero-order valence-electron chi connectivity index (χ0n) is 17.6. The monoisotopic (exact) mass is 415 g/mol. The Morgan fingerprint density at radius 3 is 2.11 bits per heavy atom. The number of rotatable bonds is 15. The summed E-state index contributed by atoms with van der Waals surface area (Å²) in [6.45, 7) is 2.65. The molecule has 4 N–H and O–H groups in total. The van der Waals surface area contributed by atoms with Crippen molar-refractivity contribution in [3.8, 4) is 0 Å². The number of nitrogens with one attached hydrogen (secondary N) is 2. The predicted molar refractivity (Wildman–Crippen MR) is 118 cm³/mol. The molecule has 2 rings (SSSR count). The van der Waals surface area contributed by atoms with Crippen LogP contribution in [0.1, 0.15) is 96.3 Å². The Bertz CT molecular complexity index is 449. The van der Waals surface area contributed by atoms with Crippen LogP contribution in [0, 0.1) is 16.7 Å². The van der Waals surface area contributed by atoms with Gasteiger partial charge in [-0.05, 0) is 44.4 Å². The van der Waals surface area contributed by atoms with Gasteiger partial charge in [0.25, 0.3) is 0 Å². The van der Waals surface area contributed by atoms with Gasteiger partial charge < -0.3 is 15.8 Å². The third-order valence-electron chi connectivity index (χ3n) is 6.28. The molecule has 28 heavy (non-hydrogen) atoms. The van der Waals surface area contributed by atoms with E-state index in [1.807, 2.05) is 0 Å². The van der Waals surface area contributed by atoms with Crippen molar-refractivity contribution < 1.29 is 9.53 Å². The Morgan fingerprint density at radius 1 is 0.964 bits per heavy atom. The van der Waals surface area contributed by atoms with Crippen molar-refractivity contribution in [1.29, 1.82) is 5.41 Å². The fraction of sp³-hybridized carbons (Fsp3) is 0.909. The van der Waals surface area contributed by atoms with E-state index in [0.29, 0.717) is 6.54 Å². The summed E-state index contributed by atoms with van der Waals surface area (Å²) in [5, 5.41) is 10.5. The summed E-state index contributed by atoms with van der Waals surface area (Å²) in [7, 11) is 0. The van der Waals surface area contributed by atoms with E-state index in [2.05, 4.69) is 5.32 Å². The number of nitrogens with two attached hydrogens (primary N) is 1. The second-order valence-electron chi connectivity index (χ2n) is 8.66. The number of unbranched alkanes of at least 4 members (excludes halogenated alkanes) is 7. The molecule has 0 saturated heterocycles. The maximum Gasteiger partial charge on any atom is 0.233 e. The Labute approximate surface area is 177 Å². The van der Waals surface area contributed by atoms with E-state index in [9.17, 15) is 4.79 Å². The molecule has 5 nitrogen and oxygen atoms in total. The third kappa shape index (κ3) is 9.13. The van der Waals surface area contributed by atoms with Gasteiger partial charge in [-0.25, -0.2) is 0 Å². The van der Waals surface area contributed by atoms with Gasteiger partial charge in [-0.1, -0.05) is 57.8 Å². The van der Waals surface area contributed by atoms with Gasteiger partial charge in [0, 0.05) is 19.8 Å². The van der Waals surface area contributed by atoms with Crippen molar-refractivity contribution in [3.63, 3.8) is 0 Å². The van der Waals surface area contributed by atoms with Gasteiger partial charge in [0.2, 0.25) is 5.91 Å². The molecule has 0 atom stereocenters. The second-order valence-corrected chi connectivity index (χ2v) is 8.66. The van der Waals surface area contributed by atoms with Gasteiger partial charge in [0.1, 0.15) is 11.3 Å². The fourth-order valence-electron chi connectivity index (χ4n) is 4.11. The number of amidine groups is 1.